The maximum Gasteiger partial charge on any atom is 0.419 e. The van der Waals surface area contributed by atoms with E-state index in [0.29, 0.717) is 38.4 Å². The number of nitrogens with one attached hydrogen (secondary N) is 1. The third-order valence-electron chi connectivity index (χ3n) is 6.83. The summed E-state index contributed by atoms with van der Waals surface area (Å²) in [5.41, 5.74) is 1.29. The van der Waals surface area contributed by atoms with E-state index in [-0.39, 0.29) is 42.6 Å². The van der Waals surface area contributed by atoms with Gasteiger partial charge in [-0.25, -0.2) is 15.1 Å². The van der Waals surface area contributed by atoms with Crippen molar-refractivity contribution in [3.63, 3.8) is 0 Å². The molecule has 1 aromatic carbocycles. The lowest BCUT2D eigenvalue weighted by atomic mass is 10.1. The molecule has 0 saturated carbocycles. The molecule has 5 rings (SSSR count). The number of benzene rings is 1. The van der Waals surface area contributed by atoms with Crippen LogP contribution in [0, 0.1) is 0 Å². The summed E-state index contributed by atoms with van der Waals surface area (Å²) in [4.78, 5) is 37.8. The van der Waals surface area contributed by atoms with Gasteiger partial charge in [0.1, 0.15) is 5.02 Å². The highest BCUT2D eigenvalue weighted by Crippen LogP contribution is 2.39. The minimum Gasteiger partial charge on any atom is -0.378 e. The number of hydrogen-bond acceptors (Lipinski definition) is 8. The highest BCUT2D eigenvalue weighted by Gasteiger charge is 2.33. The summed E-state index contributed by atoms with van der Waals surface area (Å²) in [6.07, 6.45) is -1.27. The van der Waals surface area contributed by atoms with Gasteiger partial charge in [0.15, 0.2) is 0 Å². The van der Waals surface area contributed by atoms with Crippen molar-refractivity contribution in [2.24, 2.45) is 0 Å². The summed E-state index contributed by atoms with van der Waals surface area (Å²) in [6.45, 7) is 2.66. The van der Waals surface area contributed by atoms with Crippen molar-refractivity contribution in [2.75, 3.05) is 49.2 Å². The average molecular weight is 564 g/mol. The molecule has 0 aliphatic carbocycles. The number of aromatic amines is 1. The highest BCUT2D eigenvalue weighted by molar-refractivity contribution is 6.33. The fraction of sp³-hybridized carbons (Fsp3) is 0.400. The second-order valence-electron chi connectivity index (χ2n) is 9.20. The predicted octanol–water partition coefficient (Wildman–Crippen LogP) is 3.05. The molecule has 14 heteroatoms. The molecule has 2 aromatic heterocycles. The molecule has 0 unspecified atom stereocenters. The minimum atomic E-state index is -4.49. The summed E-state index contributed by atoms with van der Waals surface area (Å²) >= 11 is 6.27. The van der Waals surface area contributed by atoms with Crippen LogP contribution in [0.1, 0.15) is 29.2 Å². The Morgan fingerprint density at radius 3 is 2.54 bits per heavy atom. The average Bonchev–Trinajstić information content (AvgIpc) is 3.30. The van der Waals surface area contributed by atoms with Crippen molar-refractivity contribution < 1.29 is 22.7 Å². The molecule has 1 fully saturated rings. The minimum absolute atomic E-state index is 0.0545. The predicted molar refractivity (Wildman–Crippen MR) is 136 cm³/mol. The summed E-state index contributed by atoms with van der Waals surface area (Å²) < 4.78 is 44.1. The van der Waals surface area contributed by atoms with E-state index in [2.05, 4.69) is 20.2 Å². The normalized spacial score (nSPS) is 17.4. The Labute approximate surface area is 226 Å². The molecule has 3 aromatic rings. The third-order valence-corrected chi connectivity index (χ3v) is 7.20. The molecule has 10 nitrogen and oxygen atoms in total. The summed E-state index contributed by atoms with van der Waals surface area (Å²) in [7, 11) is 0. The van der Waals surface area contributed by atoms with Crippen molar-refractivity contribution in [1.29, 1.82) is 0 Å². The third kappa shape index (κ3) is 5.83. The quantitative estimate of drug-likeness (QED) is 0.437. The number of fused-ring (bicyclic) bond motifs is 1. The van der Waals surface area contributed by atoms with Crippen molar-refractivity contribution in [2.45, 2.75) is 25.2 Å². The SMILES string of the molecule is O=C(CCOC[C@H]1c2ccccc2CN1c1cn[nH]c(=O)c1Cl)N1CCN(c2ncc(C(F)(F)F)cn2)CC1. The van der Waals surface area contributed by atoms with E-state index in [0.717, 1.165) is 23.5 Å². The summed E-state index contributed by atoms with van der Waals surface area (Å²) in [6, 6.07) is 7.69. The molecule has 1 atom stereocenters. The van der Waals surface area contributed by atoms with Gasteiger partial charge in [0.25, 0.3) is 5.56 Å². The molecular formula is C25H25ClF3N7O3. The molecule has 39 heavy (non-hydrogen) atoms. The number of piperazine rings is 1. The highest BCUT2D eigenvalue weighted by atomic mass is 35.5. The van der Waals surface area contributed by atoms with E-state index in [1.807, 2.05) is 29.2 Å². The number of alkyl halides is 3. The first-order valence-electron chi connectivity index (χ1n) is 12.3. The van der Waals surface area contributed by atoms with E-state index in [9.17, 15) is 22.8 Å². The van der Waals surface area contributed by atoms with Gasteiger partial charge < -0.3 is 19.4 Å². The molecule has 1 N–H and O–H groups in total. The van der Waals surface area contributed by atoms with Crippen LogP contribution in [-0.4, -0.2) is 70.4 Å². The number of rotatable bonds is 7. The first-order valence-corrected chi connectivity index (χ1v) is 12.7. The lowest BCUT2D eigenvalue weighted by Crippen LogP contribution is -2.49. The van der Waals surface area contributed by atoms with Gasteiger partial charge >= 0.3 is 6.18 Å². The van der Waals surface area contributed by atoms with Gasteiger partial charge in [0, 0.05) is 45.1 Å². The zero-order chi connectivity index (χ0) is 27.6. The van der Waals surface area contributed by atoms with Gasteiger partial charge in [-0.2, -0.15) is 18.3 Å². The van der Waals surface area contributed by atoms with Gasteiger partial charge in [0.2, 0.25) is 11.9 Å². The summed E-state index contributed by atoms with van der Waals surface area (Å²) in [5, 5.41) is 6.27. The van der Waals surface area contributed by atoms with Gasteiger partial charge in [0.05, 0.1) is 43.1 Å². The van der Waals surface area contributed by atoms with E-state index >= 15 is 0 Å². The fourth-order valence-electron chi connectivity index (χ4n) is 4.77. The second-order valence-corrected chi connectivity index (χ2v) is 9.58. The first-order chi connectivity index (χ1) is 18.7. The number of halogens is 4. The van der Waals surface area contributed by atoms with Crippen LogP contribution in [0.25, 0.3) is 0 Å². The van der Waals surface area contributed by atoms with E-state index in [4.69, 9.17) is 16.3 Å². The van der Waals surface area contributed by atoms with Crippen LogP contribution >= 0.6 is 11.6 Å². The fourth-order valence-corrected chi connectivity index (χ4v) is 4.97. The maximum atomic E-state index is 12.8. The number of aromatic nitrogens is 4. The van der Waals surface area contributed by atoms with Gasteiger partial charge in [-0.1, -0.05) is 35.9 Å². The smallest absolute Gasteiger partial charge is 0.378 e. The van der Waals surface area contributed by atoms with Crippen LogP contribution in [-0.2, 0) is 22.3 Å². The van der Waals surface area contributed by atoms with Gasteiger partial charge in [-0.3, -0.25) is 9.59 Å². The number of ether oxygens (including phenoxy) is 1. The Morgan fingerprint density at radius 2 is 1.82 bits per heavy atom. The van der Waals surface area contributed by atoms with Crippen LogP contribution in [0.3, 0.4) is 0 Å². The first kappa shape index (κ1) is 26.9. The molecule has 1 saturated heterocycles. The summed E-state index contributed by atoms with van der Waals surface area (Å²) in [5.74, 6) is 0.129. The van der Waals surface area contributed by atoms with Crippen LogP contribution < -0.4 is 15.4 Å². The number of anilines is 2. The Bertz CT molecular complexity index is 1380. The van der Waals surface area contributed by atoms with Crippen LogP contribution in [0.5, 0.6) is 0 Å². The lowest BCUT2D eigenvalue weighted by Gasteiger charge is -2.34. The van der Waals surface area contributed by atoms with Crippen molar-refractivity contribution >= 4 is 29.1 Å². The Hall–Kier alpha value is -3.71. The number of hydrogen-bond donors (Lipinski definition) is 1. The zero-order valence-corrected chi connectivity index (χ0v) is 21.5. The number of carbonyl (C=O) groups excluding carboxylic acids is 1. The van der Waals surface area contributed by atoms with E-state index < -0.39 is 17.3 Å². The Morgan fingerprint density at radius 1 is 1.10 bits per heavy atom. The number of carbonyl (C=O) groups is 1. The van der Waals surface area contributed by atoms with E-state index in [1.54, 1.807) is 9.80 Å². The molecule has 206 valence electrons. The molecule has 1 amide bonds. The zero-order valence-electron chi connectivity index (χ0n) is 20.7. The second kappa shape index (κ2) is 11.2. The topological polar surface area (TPSA) is 108 Å². The number of nitrogens with zero attached hydrogens (tertiary/aromatic N) is 6. The molecular weight excluding hydrogens is 539 g/mol. The van der Waals surface area contributed by atoms with Gasteiger partial charge in [-0.15, -0.1) is 0 Å². The maximum absolute atomic E-state index is 12.8. The lowest BCUT2D eigenvalue weighted by molar-refractivity contribution is -0.138. The molecule has 2 aliphatic rings. The molecule has 0 radical (unpaired) electrons. The van der Waals surface area contributed by atoms with Crippen LogP contribution in [0.15, 0.2) is 47.7 Å². The van der Waals surface area contributed by atoms with Crippen molar-refractivity contribution in [3.8, 4) is 0 Å². The van der Waals surface area contributed by atoms with Crippen LogP contribution in [0.2, 0.25) is 5.02 Å². The molecule has 0 spiro atoms. The molecule has 0 bridgehead atoms. The molecule has 4 heterocycles. The van der Waals surface area contributed by atoms with Gasteiger partial charge in [-0.05, 0) is 11.1 Å². The number of H-pyrrole nitrogens is 1. The van der Waals surface area contributed by atoms with Crippen molar-refractivity contribution in [3.05, 3.63) is 74.9 Å². The van der Waals surface area contributed by atoms with Crippen molar-refractivity contribution in [1.82, 2.24) is 25.1 Å². The van der Waals surface area contributed by atoms with E-state index in [1.165, 1.54) is 6.20 Å². The molecule has 2 aliphatic heterocycles. The Kier molecular flexibility index (Phi) is 7.71. The number of amides is 1. The standard InChI is InChI=1S/C25H25ClF3N7O3/c26-22-19(13-32-33-23(22)38)36-14-16-3-1-2-4-18(16)20(36)15-39-10-5-21(37)34-6-8-35(9-7-34)24-30-11-17(12-31-24)25(27,28)29/h1-4,11-13,20H,5-10,14-15H2,(H,33,38)/t20-/m0/s1. The van der Waals surface area contributed by atoms with Crippen LogP contribution in [0.4, 0.5) is 24.8 Å². The monoisotopic (exact) mass is 563 g/mol. The Balaban J connectivity index is 1.13. The largest absolute Gasteiger partial charge is 0.419 e.